The number of esters is 1. The Hall–Kier alpha value is -2.17. The van der Waals surface area contributed by atoms with Crippen LogP contribution in [0.1, 0.15) is 39.5 Å². The second-order valence-corrected chi connectivity index (χ2v) is 10.2. The second kappa shape index (κ2) is 11.4. The van der Waals surface area contributed by atoms with Gasteiger partial charge in [-0.1, -0.05) is 29.2 Å². The minimum atomic E-state index is -0.215. The van der Waals surface area contributed by atoms with Crippen LogP contribution in [0.3, 0.4) is 0 Å². The molecule has 3 heterocycles. The number of hydrogen-bond acceptors (Lipinski definition) is 9. The molecule has 3 aromatic heterocycles. The van der Waals surface area contributed by atoms with E-state index in [0.29, 0.717) is 25.1 Å². The number of nitrogens with one attached hydrogen (secondary N) is 1. The van der Waals surface area contributed by atoms with Gasteiger partial charge in [-0.15, -0.1) is 21.5 Å². The molecule has 0 spiro atoms. The molecule has 31 heavy (non-hydrogen) atoms. The number of aromatic nitrogens is 3. The Morgan fingerprint density at radius 3 is 2.87 bits per heavy atom. The van der Waals surface area contributed by atoms with Crippen LogP contribution >= 0.6 is 34.4 Å². The fourth-order valence-corrected chi connectivity index (χ4v) is 5.57. The second-order valence-electron chi connectivity index (χ2n) is 6.96. The quantitative estimate of drug-likeness (QED) is 0.231. The number of thiophene rings is 1. The highest BCUT2D eigenvalue weighted by molar-refractivity contribution is 8.01. The van der Waals surface area contributed by atoms with Crippen LogP contribution in [0.15, 0.2) is 27.9 Å². The van der Waals surface area contributed by atoms with Crippen molar-refractivity contribution in [3.8, 4) is 0 Å². The highest BCUT2D eigenvalue weighted by Gasteiger charge is 2.17. The van der Waals surface area contributed by atoms with Crippen LogP contribution < -0.4 is 5.32 Å². The van der Waals surface area contributed by atoms with E-state index in [0.717, 1.165) is 39.4 Å². The number of rotatable bonds is 12. The number of aryl methyl sites for hydroxylation is 1. The normalized spacial score (nSPS) is 10.9. The molecule has 0 unspecified atom stereocenters. The van der Waals surface area contributed by atoms with Crippen LogP contribution in [0.25, 0.3) is 0 Å². The first-order valence-electron chi connectivity index (χ1n) is 9.97. The first kappa shape index (κ1) is 23.5. The van der Waals surface area contributed by atoms with Gasteiger partial charge in [0.25, 0.3) is 0 Å². The highest BCUT2D eigenvalue weighted by atomic mass is 32.2. The average Bonchev–Trinajstić information content (AvgIpc) is 3.49. The predicted molar refractivity (Wildman–Crippen MR) is 127 cm³/mol. The monoisotopic (exact) mass is 478 g/mol. The number of ketones is 1. The van der Waals surface area contributed by atoms with E-state index in [1.807, 2.05) is 19.9 Å². The number of methoxy groups -OCH3 is 1. The van der Waals surface area contributed by atoms with Crippen LogP contribution in [0.2, 0.25) is 0 Å². The Labute approximate surface area is 194 Å². The summed E-state index contributed by atoms with van der Waals surface area (Å²) in [5, 5.41) is 14.5. The van der Waals surface area contributed by atoms with Gasteiger partial charge in [0.1, 0.15) is 0 Å². The number of carbonyl (C=O) groups excluding carboxylic acids is 2. The van der Waals surface area contributed by atoms with E-state index < -0.39 is 0 Å². The summed E-state index contributed by atoms with van der Waals surface area (Å²) in [6.45, 7) is 5.42. The van der Waals surface area contributed by atoms with Crippen LogP contribution in [-0.4, -0.2) is 45.9 Å². The van der Waals surface area contributed by atoms with Gasteiger partial charge < -0.3 is 14.6 Å². The third-order valence-corrected chi connectivity index (χ3v) is 7.78. The lowest BCUT2D eigenvalue weighted by molar-refractivity contribution is -0.140. The Balaban J connectivity index is 1.48. The van der Waals surface area contributed by atoms with Crippen molar-refractivity contribution < 1.29 is 14.3 Å². The Morgan fingerprint density at radius 1 is 1.29 bits per heavy atom. The number of hydrogen-bond donors (Lipinski definition) is 1. The van der Waals surface area contributed by atoms with E-state index in [1.165, 1.54) is 35.1 Å². The maximum absolute atomic E-state index is 12.8. The third kappa shape index (κ3) is 6.65. The van der Waals surface area contributed by atoms with Gasteiger partial charge in [-0.25, -0.2) is 0 Å². The van der Waals surface area contributed by atoms with E-state index in [4.69, 9.17) is 0 Å². The molecule has 0 amide bonds. The highest BCUT2D eigenvalue weighted by Crippen LogP contribution is 2.27. The zero-order valence-corrected chi connectivity index (χ0v) is 20.3. The van der Waals surface area contributed by atoms with Crippen molar-refractivity contribution in [2.75, 3.05) is 24.7 Å². The number of Topliss-reactive ketones (excluding diaryl/α,β-unsaturated/α-hetero) is 1. The lowest BCUT2D eigenvalue weighted by atomic mass is 10.2. The summed E-state index contributed by atoms with van der Waals surface area (Å²) >= 11 is 4.62. The molecule has 1 N–H and O–H groups in total. The SMILES string of the molecule is COC(=O)CCCn1c(C)cc(C(=O)CSc2nnc(NCCc3cccs3)s2)c1C. The summed E-state index contributed by atoms with van der Waals surface area (Å²) in [5.41, 5.74) is 2.67. The van der Waals surface area contributed by atoms with Gasteiger partial charge >= 0.3 is 5.97 Å². The topological polar surface area (TPSA) is 86.1 Å². The van der Waals surface area contributed by atoms with Gasteiger partial charge in [0, 0.05) is 41.3 Å². The summed E-state index contributed by atoms with van der Waals surface area (Å²) in [6, 6.07) is 6.10. The van der Waals surface area contributed by atoms with Crippen LogP contribution in [-0.2, 0) is 22.5 Å². The van der Waals surface area contributed by atoms with Gasteiger partial charge in [0.2, 0.25) is 5.13 Å². The number of carbonyl (C=O) groups is 2. The average molecular weight is 479 g/mol. The molecule has 0 bridgehead atoms. The van der Waals surface area contributed by atoms with Gasteiger partial charge in [0.15, 0.2) is 10.1 Å². The summed E-state index contributed by atoms with van der Waals surface area (Å²) in [6.07, 6.45) is 2.00. The molecule has 3 rings (SSSR count). The minimum absolute atomic E-state index is 0.0692. The Bertz CT molecular complexity index is 1010. The van der Waals surface area contributed by atoms with Crippen molar-refractivity contribution in [1.29, 1.82) is 0 Å². The van der Waals surface area contributed by atoms with Gasteiger partial charge in [0.05, 0.1) is 12.9 Å². The first-order valence-corrected chi connectivity index (χ1v) is 12.7. The summed E-state index contributed by atoms with van der Waals surface area (Å²) in [4.78, 5) is 25.4. The molecule has 0 saturated heterocycles. The Morgan fingerprint density at radius 2 is 2.13 bits per heavy atom. The van der Waals surface area contributed by atoms with E-state index in [1.54, 1.807) is 11.3 Å². The van der Waals surface area contributed by atoms with E-state index in [2.05, 4.69) is 42.3 Å². The first-order chi connectivity index (χ1) is 15.0. The summed E-state index contributed by atoms with van der Waals surface area (Å²) in [7, 11) is 1.39. The fourth-order valence-electron chi connectivity index (χ4n) is 3.20. The Kier molecular flexibility index (Phi) is 8.68. The zero-order chi connectivity index (χ0) is 22.2. The van der Waals surface area contributed by atoms with Crippen molar-refractivity contribution in [1.82, 2.24) is 14.8 Å². The van der Waals surface area contributed by atoms with Crippen molar-refractivity contribution in [3.63, 3.8) is 0 Å². The summed E-state index contributed by atoms with van der Waals surface area (Å²) < 4.78 is 7.55. The maximum atomic E-state index is 12.8. The largest absolute Gasteiger partial charge is 0.469 e. The lowest BCUT2D eigenvalue weighted by Crippen LogP contribution is -2.08. The predicted octanol–water partition coefficient (Wildman–Crippen LogP) is 4.60. The lowest BCUT2D eigenvalue weighted by Gasteiger charge is -2.09. The standard InChI is InChI=1S/C21H26N4O3S3/c1-14-12-17(15(2)25(14)10-4-7-19(27)28-3)18(26)13-30-21-24-23-20(31-21)22-9-8-16-6-5-11-29-16/h5-6,11-12H,4,7-10,13H2,1-3H3,(H,22,23). The number of thioether (sulfide) groups is 1. The van der Waals surface area contributed by atoms with Gasteiger partial charge in [-0.2, -0.15) is 0 Å². The number of anilines is 1. The minimum Gasteiger partial charge on any atom is -0.469 e. The zero-order valence-electron chi connectivity index (χ0n) is 17.8. The van der Waals surface area contributed by atoms with Gasteiger partial charge in [-0.3, -0.25) is 9.59 Å². The molecule has 3 aromatic rings. The molecule has 0 aromatic carbocycles. The molecule has 0 aliphatic heterocycles. The molecule has 0 aliphatic rings. The molecule has 7 nitrogen and oxygen atoms in total. The smallest absolute Gasteiger partial charge is 0.305 e. The van der Waals surface area contributed by atoms with E-state index in [-0.39, 0.29) is 11.8 Å². The van der Waals surface area contributed by atoms with Crippen molar-refractivity contribution in [2.45, 2.75) is 44.0 Å². The molecular weight excluding hydrogens is 452 g/mol. The molecule has 10 heteroatoms. The molecule has 0 saturated carbocycles. The molecule has 166 valence electrons. The van der Waals surface area contributed by atoms with Crippen LogP contribution in [0, 0.1) is 13.8 Å². The molecular formula is C21H26N4O3S3. The van der Waals surface area contributed by atoms with Crippen LogP contribution in [0.4, 0.5) is 5.13 Å². The third-order valence-electron chi connectivity index (χ3n) is 4.83. The molecule has 0 atom stereocenters. The fraction of sp³-hybridized carbons (Fsp3) is 0.429. The van der Waals surface area contributed by atoms with Gasteiger partial charge in [-0.05, 0) is 44.2 Å². The van der Waals surface area contributed by atoms with Crippen molar-refractivity contribution >= 4 is 51.3 Å². The van der Waals surface area contributed by atoms with Crippen molar-refractivity contribution in [3.05, 3.63) is 45.4 Å². The summed E-state index contributed by atoms with van der Waals surface area (Å²) in [5.74, 6) is 0.170. The number of ether oxygens (including phenoxy) is 1. The molecule has 0 radical (unpaired) electrons. The van der Waals surface area contributed by atoms with E-state index >= 15 is 0 Å². The van der Waals surface area contributed by atoms with E-state index in [9.17, 15) is 9.59 Å². The maximum Gasteiger partial charge on any atom is 0.305 e. The molecule has 0 aliphatic carbocycles. The van der Waals surface area contributed by atoms with Crippen LogP contribution in [0.5, 0.6) is 0 Å². The number of nitrogens with zero attached hydrogens (tertiary/aromatic N) is 3. The molecule has 0 fully saturated rings. The van der Waals surface area contributed by atoms with Crippen molar-refractivity contribution in [2.24, 2.45) is 0 Å².